The fourth-order valence-corrected chi connectivity index (χ4v) is 5.25. The topological polar surface area (TPSA) is 66.8 Å². The molecule has 2 N–H and O–H groups in total. The lowest BCUT2D eigenvalue weighted by Crippen LogP contribution is -2.61. The van der Waals surface area contributed by atoms with Gasteiger partial charge < -0.3 is 14.9 Å². The maximum absolute atomic E-state index is 11.8. The summed E-state index contributed by atoms with van der Waals surface area (Å²) in [7, 11) is 0. The monoisotopic (exact) mass is 268 g/mol. The minimum atomic E-state index is -0.526. The van der Waals surface area contributed by atoms with Crippen LogP contribution in [0.25, 0.3) is 0 Å². The molecule has 1 saturated heterocycles. The van der Waals surface area contributed by atoms with E-state index in [0.717, 1.165) is 12.8 Å². The molecule has 0 aromatic rings. The van der Waals surface area contributed by atoms with Crippen molar-refractivity contribution in [3.63, 3.8) is 0 Å². The first kappa shape index (κ1) is 13.4. The number of fused-ring (bicyclic) bond motifs is 3. The fourth-order valence-electron chi connectivity index (χ4n) is 5.25. The molecule has 1 heterocycles. The fraction of sp³-hybridized carbons (Fsp3) is 0.933. The highest BCUT2D eigenvalue weighted by molar-refractivity contribution is 5.75. The maximum Gasteiger partial charge on any atom is 0.309 e. The number of carbonyl (C=O) groups excluding carboxylic acids is 1. The van der Waals surface area contributed by atoms with Crippen molar-refractivity contribution in [2.45, 2.75) is 52.2 Å². The molecule has 0 aromatic carbocycles. The molecular formula is C15H24O4. The lowest BCUT2D eigenvalue weighted by atomic mass is 9.45. The van der Waals surface area contributed by atoms with Crippen LogP contribution in [0, 0.1) is 28.6 Å². The van der Waals surface area contributed by atoms with Crippen LogP contribution in [0.4, 0.5) is 0 Å². The van der Waals surface area contributed by atoms with Gasteiger partial charge in [-0.1, -0.05) is 20.8 Å². The molecule has 3 rings (SSSR count). The first-order valence-corrected chi connectivity index (χ1v) is 7.31. The number of esters is 1. The van der Waals surface area contributed by atoms with Crippen molar-refractivity contribution >= 4 is 5.97 Å². The molecule has 0 aromatic heterocycles. The molecule has 0 amide bonds. The molecular weight excluding hydrogens is 244 g/mol. The van der Waals surface area contributed by atoms with Gasteiger partial charge in [0.05, 0.1) is 24.7 Å². The minimum absolute atomic E-state index is 0.0273. The highest BCUT2D eigenvalue weighted by Crippen LogP contribution is 2.62. The molecule has 4 heteroatoms. The molecule has 0 unspecified atom stereocenters. The predicted octanol–water partition coefficient (Wildman–Crippen LogP) is 1.34. The Balaban J connectivity index is 2.02. The van der Waals surface area contributed by atoms with Crippen molar-refractivity contribution in [1.29, 1.82) is 0 Å². The van der Waals surface area contributed by atoms with E-state index in [1.807, 2.05) is 13.8 Å². The van der Waals surface area contributed by atoms with Gasteiger partial charge in [-0.2, -0.15) is 0 Å². The summed E-state index contributed by atoms with van der Waals surface area (Å²) in [5.74, 6) is -0.0744. The van der Waals surface area contributed by atoms with Gasteiger partial charge in [-0.15, -0.1) is 0 Å². The van der Waals surface area contributed by atoms with Gasteiger partial charge in [-0.05, 0) is 36.0 Å². The number of aliphatic hydroxyl groups excluding tert-OH is 2. The summed E-state index contributed by atoms with van der Waals surface area (Å²) in [5.41, 5.74) is -0.430. The molecule has 4 nitrogen and oxygen atoms in total. The molecule has 0 radical (unpaired) electrons. The Bertz CT molecular complexity index is 405. The second-order valence-corrected chi connectivity index (χ2v) is 7.51. The van der Waals surface area contributed by atoms with E-state index in [4.69, 9.17) is 4.74 Å². The van der Waals surface area contributed by atoms with Crippen molar-refractivity contribution < 1.29 is 19.7 Å². The van der Waals surface area contributed by atoms with E-state index in [0.29, 0.717) is 13.0 Å². The van der Waals surface area contributed by atoms with Crippen LogP contribution in [-0.2, 0) is 9.53 Å². The molecule has 19 heavy (non-hydrogen) atoms. The number of aliphatic hydroxyl groups is 2. The van der Waals surface area contributed by atoms with Crippen LogP contribution >= 0.6 is 0 Å². The lowest BCUT2D eigenvalue weighted by Gasteiger charge is -2.60. The minimum Gasteiger partial charge on any atom is -0.465 e. The van der Waals surface area contributed by atoms with Gasteiger partial charge in [0.2, 0.25) is 0 Å². The summed E-state index contributed by atoms with van der Waals surface area (Å²) in [6.45, 7) is 6.74. The molecule has 2 aliphatic carbocycles. The Morgan fingerprint density at radius 2 is 1.95 bits per heavy atom. The van der Waals surface area contributed by atoms with Crippen molar-refractivity contribution in [2.24, 2.45) is 28.6 Å². The molecule has 3 fully saturated rings. The van der Waals surface area contributed by atoms with Gasteiger partial charge in [-0.25, -0.2) is 0 Å². The third kappa shape index (κ3) is 1.62. The van der Waals surface area contributed by atoms with Crippen LogP contribution in [0.15, 0.2) is 0 Å². The van der Waals surface area contributed by atoms with Crippen LogP contribution in [0.3, 0.4) is 0 Å². The van der Waals surface area contributed by atoms with Crippen molar-refractivity contribution in [1.82, 2.24) is 0 Å². The summed E-state index contributed by atoms with van der Waals surface area (Å²) in [4.78, 5) is 11.8. The van der Waals surface area contributed by atoms with Gasteiger partial charge in [0, 0.05) is 5.92 Å². The number of rotatable bonds is 0. The Morgan fingerprint density at radius 1 is 1.26 bits per heavy atom. The maximum atomic E-state index is 11.8. The smallest absolute Gasteiger partial charge is 0.309 e. The van der Waals surface area contributed by atoms with E-state index in [9.17, 15) is 15.0 Å². The van der Waals surface area contributed by atoms with Crippen LogP contribution in [0.2, 0.25) is 0 Å². The quantitative estimate of drug-likeness (QED) is 0.651. The van der Waals surface area contributed by atoms with Crippen molar-refractivity contribution in [2.75, 3.05) is 6.61 Å². The first-order valence-electron chi connectivity index (χ1n) is 7.31. The molecule has 0 spiro atoms. The zero-order valence-corrected chi connectivity index (χ0v) is 11.9. The summed E-state index contributed by atoms with van der Waals surface area (Å²) in [5, 5.41) is 20.9. The summed E-state index contributed by atoms with van der Waals surface area (Å²) < 4.78 is 5.24. The highest BCUT2D eigenvalue weighted by Gasteiger charge is 2.63. The van der Waals surface area contributed by atoms with Crippen molar-refractivity contribution in [3.8, 4) is 0 Å². The number of ether oxygens (including phenoxy) is 1. The Labute approximate surface area is 114 Å². The Kier molecular flexibility index (Phi) is 2.78. The SMILES string of the molecule is CC1(C)[C@H](O)CC[C@]2(C)[C@H]3COC(=O)[C@@H]3C[C@H](O)[C@@H]12. The van der Waals surface area contributed by atoms with Crippen molar-refractivity contribution in [3.05, 3.63) is 0 Å². The Morgan fingerprint density at radius 3 is 2.63 bits per heavy atom. The predicted molar refractivity (Wildman–Crippen MR) is 69.2 cm³/mol. The second kappa shape index (κ2) is 3.95. The molecule has 108 valence electrons. The van der Waals surface area contributed by atoms with Crippen LogP contribution < -0.4 is 0 Å². The standard InChI is InChI=1S/C15H24O4/c1-14(2)11(17)4-5-15(3)9-7-19-13(18)8(9)6-10(16)12(14)15/h8-12,16-17H,4-7H2,1-3H3/t8-,9+,10+,11-,12+,15-/m1/s1. The van der Waals surface area contributed by atoms with Gasteiger partial charge in [0.25, 0.3) is 0 Å². The van der Waals surface area contributed by atoms with Gasteiger partial charge in [0.1, 0.15) is 0 Å². The lowest BCUT2D eigenvalue weighted by molar-refractivity contribution is -0.189. The largest absolute Gasteiger partial charge is 0.465 e. The van der Waals surface area contributed by atoms with E-state index < -0.39 is 6.10 Å². The van der Waals surface area contributed by atoms with Gasteiger partial charge in [0.15, 0.2) is 0 Å². The van der Waals surface area contributed by atoms with Crippen LogP contribution in [-0.4, -0.2) is 35.0 Å². The van der Waals surface area contributed by atoms with E-state index >= 15 is 0 Å². The Hall–Kier alpha value is -0.610. The van der Waals surface area contributed by atoms with Gasteiger partial charge in [-0.3, -0.25) is 4.79 Å². The number of cyclic esters (lactones) is 1. The zero-order valence-electron chi connectivity index (χ0n) is 11.9. The summed E-state index contributed by atoms with van der Waals surface area (Å²) in [6, 6.07) is 0. The van der Waals surface area contributed by atoms with E-state index in [-0.39, 0.29) is 40.7 Å². The van der Waals surface area contributed by atoms with E-state index in [2.05, 4.69) is 6.92 Å². The third-order valence-electron chi connectivity index (χ3n) is 6.25. The number of hydrogen-bond donors (Lipinski definition) is 2. The second-order valence-electron chi connectivity index (χ2n) is 7.51. The van der Waals surface area contributed by atoms with Crippen LogP contribution in [0.5, 0.6) is 0 Å². The number of hydrogen-bond acceptors (Lipinski definition) is 4. The average molecular weight is 268 g/mol. The molecule has 1 aliphatic heterocycles. The van der Waals surface area contributed by atoms with E-state index in [1.54, 1.807) is 0 Å². The zero-order chi connectivity index (χ0) is 14.0. The van der Waals surface area contributed by atoms with Crippen LogP contribution in [0.1, 0.15) is 40.0 Å². The molecule has 2 saturated carbocycles. The first-order chi connectivity index (χ1) is 8.78. The molecule has 0 bridgehead atoms. The normalized spacial score (nSPS) is 52.3. The van der Waals surface area contributed by atoms with E-state index in [1.165, 1.54) is 0 Å². The highest BCUT2D eigenvalue weighted by atomic mass is 16.5. The van der Waals surface area contributed by atoms with Gasteiger partial charge >= 0.3 is 5.97 Å². The molecule has 3 aliphatic rings. The average Bonchev–Trinajstić information content (AvgIpc) is 2.67. The third-order valence-corrected chi connectivity index (χ3v) is 6.25. The molecule has 6 atom stereocenters. The summed E-state index contributed by atoms with van der Waals surface area (Å²) >= 11 is 0. The summed E-state index contributed by atoms with van der Waals surface area (Å²) in [6.07, 6.45) is 1.18. The number of carbonyl (C=O) groups is 1.